The van der Waals surface area contributed by atoms with Gasteiger partial charge in [-0.2, -0.15) is 4.98 Å². The third-order valence-electron chi connectivity index (χ3n) is 5.34. The monoisotopic (exact) mass is 493 g/mol. The van der Waals surface area contributed by atoms with Crippen LogP contribution in [0.5, 0.6) is 5.75 Å². The van der Waals surface area contributed by atoms with E-state index >= 15 is 0 Å². The molecule has 2 N–H and O–H groups in total. The molecule has 34 heavy (non-hydrogen) atoms. The van der Waals surface area contributed by atoms with E-state index < -0.39 is 0 Å². The van der Waals surface area contributed by atoms with Crippen LogP contribution in [0.15, 0.2) is 84.9 Å². The van der Waals surface area contributed by atoms with E-state index in [1.165, 1.54) is 0 Å². The third kappa shape index (κ3) is 4.76. The van der Waals surface area contributed by atoms with E-state index in [1.807, 2.05) is 54.6 Å². The second kappa shape index (κ2) is 9.99. The number of halogens is 2. The lowest BCUT2D eigenvalue weighted by Crippen LogP contribution is -2.20. The highest BCUT2D eigenvalue weighted by molar-refractivity contribution is 6.30. The molecule has 1 aliphatic heterocycles. The van der Waals surface area contributed by atoms with Crippen LogP contribution in [-0.2, 0) is 0 Å². The molecular formula is C25H21Cl2N5O2. The van der Waals surface area contributed by atoms with Gasteiger partial charge in [0.05, 0.1) is 7.11 Å². The van der Waals surface area contributed by atoms with Gasteiger partial charge >= 0.3 is 0 Å². The van der Waals surface area contributed by atoms with Crippen molar-refractivity contribution < 1.29 is 9.53 Å². The van der Waals surface area contributed by atoms with Crippen LogP contribution in [0.4, 0.5) is 11.9 Å². The minimum atomic E-state index is -0.303. The van der Waals surface area contributed by atoms with Crippen LogP contribution in [0.2, 0.25) is 5.02 Å². The van der Waals surface area contributed by atoms with Gasteiger partial charge in [0.1, 0.15) is 11.8 Å². The minimum absolute atomic E-state index is 0. The van der Waals surface area contributed by atoms with E-state index in [9.17, 15) is 4.79 Å². The Morgan fingerprint density at radius 1 is 1.03 bits per heavy atom. The summed E-state index contributed by atoms with van der Waals surface area (Å²) in [6, 6.07) is 24.2. The third-order valence-corrected chi connectivity index (χ3v) is 5.59. The van der Waals surface area contributed by atoms with Crippen molar-refractivity contribution in [3.05, 3.63) is 107 Å². The standard InChI is InChI=1S/C25H20ClN5O2.ClH/c1-33-20-13-9-18(10-14-20)23(32)28-24-29-25-27-21(16-7-11-19(26)12-8-16)15-22(31(25)30-24)17-5-3-2-4-6-17;/h2-15,22H,1H3,(H2,27,28,29,30,32);1H. The summed E-state index contributed by atoms with van der Waals surface area (Å²) in [7, 11) is 1.58. The Morgan fingerprint density at radius 2 is 1.74 bits per heavy atom. The number of carbonyl (C=O) groups is 1. The molecule has 9 heteroatoms. The number of ether oxygens (including phenoxy) is 1. The second-order valence-corrected chi connectivity index (χ2v) is 7.89. The maximum Gasteiger partial charge on any atom is 0.258 e. The molecule has 0 saturated heterocycles. The smallest absolute Gasteiger partial charge is 0.258 e. The van der Waals surface area contributed by atoms with Gasteiger partial charge in [0.15, 0.2) is 0 Å². The highest BCUT2D eigenvalue weighted by atomic mass is 35.5. The van der Waals surface area contributed by atoms with Gasteiger partial charge < -0.3 is 10.1 Å². The normalized spacial score (nSPS) is 14.2. The fraction of sp³-hybridized carbons (Fsp3) is 0.0800. The quantitative estimate of drug-likeness (QED) is 0.374. The molecule has 0 fully saturated rings. The van der Waals surface area contributed by atoms with Crippen LogP contribution in [0.3, 0.4) is 0 Å². The Hall–Kier alpha value is -3.81. The Kier molecular flexibility index (Phi) is 6.86. The Bertz CT molecular complexity index is 1320. The maximum absolute atomic E-state index is 12.7. The summed E-state index contributed by atoms with van der Waals surface area (Å²) in [5.74, 6) is 1.12. The molecular weight excluding hydrogens is 473 g/mol. The van der Waals surface area contributed by atoms with Crippen LogP contribution in [0, 0.1) is 0 Å². The van der Waals surface area contributed by atoms with E-state index in [-0.39, 0.29) is 30.3 Å². The second-order valence-electron chi connectivity index (χ2n) is 7.45. The highest BCUT2D eigenvalue weighted by Gasteiger charge is 2.26. The predicted octanol–water partition coefficient (Wildman–Crippen LogP) is 5.67. The molecule has 3 aromatic carbocycles. The molecule has 1 amide bonds. The van der Waals surface area contributed by atoms with Crippen molar-refractivity contribution in [2.24, 2.45) is 0 Å². The number of carbonyl (C=O) groups excluding carboxylic acids is 1. The number of benzene rings is 3. The van der Waals surface area contributed by atoms with Gasteiger partial charge in [-0.15, -0.1) is 17.5 Å². The van der Waals surface area contributed by atoms with Crippen LogP contribution in [-0.4, -0.2) is 27.8 Å². The first-order valence-corrected chi connectivity index (χ1v) is 10.7. The number of nitrogens with one attached hydrogen (secondary N) is 2. The average Bonchev–Trinajstić information content (AvgIpc) is 3.26. The number of amides is 1. The molecule has 0 aliphatic carbocycles. The average molecular weight is 494 g/mol. The van der Waals surface area contributed by atoms with Crippen LogP contribution >= 0.6 is 24.0 Å². The van der Waals surface area contributed by atoms with E-state index in [0.29, 0.717) is 22.3 Å². The summed E-state index contributed by atoms with van der Waals surface area (Å²) in [6.45, 7) is 0. The SMILES string of the molecule is COc1ccc(C(=O)Nc2nc3n(n2)C(c2ccccc2)C=C(c2ccc(Cl)cc2)N3)cc1.Cl. The summed E-state index contributed by atoms with van der Waals surface area (Å²) >= 11 is 6.06. The number of anilines is 2. The lowest BCUT2D eigenvalue weighted by molar-refractivity contribution is 0.102. The molecule has 172 valence electrons. The number of allylic oxidation sites excluding steroid dienone is 1. The molecule has 7 nitrogen and oxygen atoms in total. The summed E-state index contributed by atoms with van der Waals surface area (Å²) in [6.07, 6.45) is 2.08. The van der Waals surface area contributed by atoms with Gasteiger partial charge in [0, 0.05) is 16.3 Å². The Morgan fingerprint density at radius 3 is 2.41 bits per heavy atom. The lowest BCUT2D eigenvalue weighted by Gasteiger charge is -2.24. The summed E-state index contributed by atoms with van der Waals surface area (Å²) < 4.78 is 6.91. The molecule has 0 spiro atoms. The number of aromatic nitrogens is 3. The molecule has 1 unspecified atom stereocenters. The van der Waals surface area contributed by atoms with Crippen molar-refractivity contribution in [2.75, 3.05) is 17.7 Å². The van der Waals surface area contributed by atoms with Gasteiger partial charge in [-0.1, -0.05) is 54.1 Å². The van der Waals surface area contributed by atoms with Crippen molar-refractivity contribution in [2.45, 2.75) is 6.04 Å². The maximum atomic E-state index is 12.7. The first-order chi connectivity index (χ1) is 16.1. The number of nitrogens with zero attached hydrogens (tertiary/aromatic N) is 3. The number of methoxy groups -OCH3 is 1. The fourth-order valence-electron chi connectivity index (χ4n) is 3.65. The number of hydrogen-bond donors (Lipinski definition) is 2. The van der Waals surface area contributed by atoms with Gasteiger partial charge in [-0.05, 0) is 53.6 Å². The van der Waals surface area contributed by atoms with E-state index in [0.717, 1.165) is 16.8 Å². The molecule has 0 bridgehead atoms. The lowest BCUT2D eigenvalue weighted by atomic mass is 10.0. The molecule has 1 aromatic heterocycles. The van der Waals surface area contributed by atoms with Crippen molar-refractivity contribution in [3.8, 4) is 5.75 Å². The molecule has 1 atom stereocenters. The first kappa shape index (κ1) is 23.4. The Labute approximate surface area is 207 Å². The zero-order chi connectivity index (χ0) is 22.8. The van der Waals surface area contributed by atoms with Crippen LogP contribution in [0.25, 0.3) is 5.70 Å². The predicted molar refractivity (Wildman–Crippen MR) is 136 cm³/mol. The van der Waals surface area contributed by atoms with Crippen molar-refractivity contribution in [1.29, 1.82) is 0 Å². The fourth-order valence-corrected chi connectivity index (χ4v) is 3.77. The summed E-state index contributed by atoms with van der Waals surface area (Å²) in [5, 5.41) is 11.3. The molecule has 5 rings (SSSR count). The summed E-state index contributed by atoms with van der Waals surface area (Å²) in [4.78, 5) is 17.2. The number of rotatable bonds is 5. The van der Waals surface area contributed by atoms with Gasteiger partial charge in [-0.25, -0.2) is 4.68 Å². The van der Waals surface area contributed by atoms with Crippen molar-refractivity contribution in [1.82, 2.24) is 14.8 Å². The van der Waals surface area contributed by atoms with E-state index in [4.69, 9.17) is 16.3 Å². The number of fused-ring (bicyclic) bond motifs is 1. The first-order valence-electron chi connectivity index (χ1n) is 10.3. The highest BCUT2D eigenvalue weighted by Crippen LogP contribution is 2.33. The van der Waals surface area contributed by atoms with E-state index in [1.54, 1.807) is 36.1 Å². The van der Waals surface area contributed by atoms with Crippen molar-refractivity contribution in [3.63, 3.8) is 0 Å². The van der Waals surface area contributed by atoms with Crippen LogP contribution < -0.4 is 15.4 Å². The zero-order valence-corrected chi connectivity index (χ0v) is 19.7. The molecule has 0 radical (unpaired) electrons. The zero-order valence-electron chi connectivity index (χ0n) is 18.1. The molecule has 2 heterocycles. The van der Waals surface area contributed by atoms with Crippen LogP contribution in [0.1, 0.15) is 27.5 Å². The van der Waals surface area contributed by atoms with E-state index in [2.05, 4.69) is 26.8 Å². The van der Waals surface area contributed by atoms with Gasteiger partial charge in [0.2, 0.25) is 5.95 Å². The largest absolute Gasteiger partial charge is 0.497 e. The van der Waals surface area contributed by atoms with Gasteiger partial charge in [-0.3, -0.25) is 10.1 Å². The van der Waals surface area contributed by atoms with Crippen molar-refractivity contribution >= 4 is 47.5 Å². The summed E-state index contributed by atoms with van der Waals surface area (Å²) in [5.41, 5.74) is 3.38. The van der Waals surface area contributed by atoms with Gasteiger partial charge in [0.25, 0.3) is 11.9 Å². The molecule has 1 aliphatic rings. The topological polar surface area (TPSA) is 81.1 Å². The molecule has 0 saturated carbocycles. The molecule has 4 aromatic rings. The number of hydrogen-bond acceptors (Lipinski definition) is 5. The Balaban J connectivity index is 0.00000274. The minimum Gasteiger partial charge on any atom is -0.497 e.